The van der Waals surface area contributed by atoms with Crippen LogP contribution in [0.5, 0.6) is 0 Å². The van der Waals surface area contributed by atoms with Gasteiger partial charge in [0.1, 0.15) is 5.01 Å². The molecule has 0 unspecified atom stereocenters. The van der Waals surface area contributed by atoms with Crippen LogP contribution in [0.15, 0.2) is 22.9 Å². The molecule has 0 atom stereocenters. The average molecular weight is 295 g/mol. The van der Waals surface area contributed by atoms with Crippen molar-refractivity contribution in [2.24, 2.45) is 0 Å². The number of hydrogen-bond acceptors (Lipinski definition) is 5. The molecule has 3 nitrogen and oxygen atoms in total. The molecule has 1 N–H and O–H groups in total. The first-order valence-electron chi connectivity index (χ1n) is 6.70. The lowest BCUT2D eigenvalue weighted by Crippen LogP contribution is -2.22. The summed E-state index contributed by atoms with van der Waals surface area (Å²) in [5.74, 6) is 0. The number of aromatic nitrogens is 1. The van der Waals surface area contributed by atoms with Gasteiger partial charge < -0.3 is 5.32 Å². The van der Waals surface area contributed by atoms with E-state index in [0.717, 1.165) is 32.7 Å². The summed E-state index contributed by atoms with van der Waals surface area (Å²) in [5.41, 5.74) is 1.19. The third-order valence-electron chi connectivity index (χ3n) is 2.92. The van der Waals surface area contributed by atoms with E-state index in [-0.39, 0.29) is 0 Å². The topological polar surface area (TPSA) is 28.2 Å². The highest BCUT2D eigenvalue weighted by atomic mass is 32.1. The molecular formula is C14H21N3S2. The molecule has 2 aromatic rings. The Morgan fingerprint density at radius 1 is 1.26 bits per heavy atom. The molecule has 0 aliphatic rings. The summed E-state index contributed by atoms with van der Waals surface area (Å²) < 4.78 is 0. The van der Waals surface area contributed by atoms with Crippen molar-refractivity contribution in [1.82, 2.24) is 15.2 Å². The molecule has 0 aliphatic carbocycles. The van der Waals surface area contributed by atoms with Gasteiger partial charge in [0, 0.05) is 29.9 Å². The molecule has 0 bridgehead atoms. The highest BCUT2D eigenvalue weighted by Gasteiger charge is 2.08. The normalized spacial score (nSPS) is 11.3. The van der Waals surface area contributed by atoms with Gasteiger partial charge in [-0.05, 0) is 24.5 Å². The minimum atomic E-state index is 0.887. The quantitative estimate of drug-likeness (QED) is 0.809. The van der Waals surface area contributed by atoms with Crippen molar-refractivity contribution in [2.45, 2.75) is 33.5 Å². The van der Waals surface area contributed by atoms with Gasteiger partial charge in [-0.3, -0.25) is 4.90 Å². The first-order valence-corrected chi connectivity index (χ1v) is 8.46. The summed E-state index contributed by atoms with van der Waals surface area (Å²) in [4.78, 5) is 8.53. The van der Waals surface area contributed by atoms with E-state index in [1.54, 1.807) is 11.3 Å². The summed E-state index contributed by atoms with van der Waals surface area (Å²) in [6.45, 7) is 9.23. The van der Waals surface area contributed by atoms with Gasteiger partial charge in [-0.1, -0.05) is 19.9 Å². The van der Waals surface area contributed by atoms with Crippen LogP contribution in [0.25, 0.3) is 0 Å². The van der Waals surface area contributed by atoms with Crippen LogP contribution in [-0.4, -0.2) is 23.0 Å². The highest BCUT2D eigenvalue weighted by molar-refractivity contribution is 7.10. The van der Waals surface area contributed by atoms with Gasteiger partial charge in [-0.25, -0.2) is 4.98 Å². The maximum atomic E-state index is 4.68. The summed E-state index contributed by atoms with van der Waals surface area (Å²) >= 11 is 3.58. The lowest BCUT2D eigenvalue weighted by molar-refractivity contribution is 0.271. The van der Waals surface area contributed by atoms with Gasteiger partial charge in [-0.2, -0.15) is 0 Å². The molecule has 0 saturated carbocycles. The van der Waals surface area contributed by atoms with Gasteiger partial charge in [0.2, 0.25) is 0 Å². The highest BCUT2D eigenvalue weighted by Crippen LogP contribution is 2.16. The van der Waals surface area contributed by atoms with Gasteiger partial charge >= 0.3 is 0 Å². The van der Waals surface area contributed by atoms with Crippen molar-refractivity contribution in [2.75, 3.05) is 13.1 Å². The molecule has 2 aromatic heterocycles. The van der Waals surface area contributed by atoms with Crippen molar-refractivity contribution in [1.29, 1.82) is 0 Å². The summed E-state index contributed by atoms with van der Waals surface area (Å²) in [5, 5.41) is 8.83. The van der Waals surface area contributed by atoms with E-state index >= 15 is 0 Å². The van der Waals surface area contributed by atoms with Crippen molar-refractivity contribution in [3.8, 4) is 0 Å². The molecule has 0 spiro atoms. The minimum absolute atomic E-state index is 0.887. The van der Waals surface area contributed by atoms with Gasteiger partial charge in [0.15, 0.2) is 0 Å². The van der Waals surface area contributed by atoms with Crippen LogP contribution in [0.1, 0.15) is 29.4 Å². The maximum absolute atomic E-state index is 4.68. The van der Waals surface area contributed by atoms with E-state index in [1.165, 1.54) is 15.6 Å². The Morgan fingerprint density at radius 3 is 2.84 bits per heavy atom. The number of nitrogens with zero attached hydrogens (tertiary/aromatic N) is 2. The number of hydrogen-bond donors (Lipinski definition) is 1. The van der Waals surface area contributed by atoms with Crippen molar-refractivity contribution < 1.29 is 0 Å². The maximum Gasteiger partial charge on any atom is 0.107 e. The molecule has 2 heterocycles. The predicted molar refractivity (Wildman–Crippen MR) is 83.6 cm³/mol. The van der Waals surface area contributed by atoms with Gasteiger partial charge in [-0.15, -0.1) is 22.7 Å². The van der Waals surface area contributed by atoms with E-state index in [2.05, 4.69) is 51.9 Å². The standard InChI is InChI=1S/C14H21N3S2/c1-3-15-8-14-16-12(11-19-14)9-17(4-2)10-13-6-5-7-18-13/h5-7,11,15H,3-4,8-10H2,1-2H3. The molecule has 0 amide bonds. The van der Waals surface area contributed by atoms with E-state index < -0.39 is 0 Å². The van der Waals surface area contributed by atoms with Crippen molar-refractivity contribution in [3.63, 3.8) is 0 Å². The zero-order valence-corrected chi connectivity index (χ0v) is 13.2. The molecule has 2 rings (SSSR count). The number of nitrogens with one attached hydrogen (secondary N) is 1. The lowest BCUT2D eigenvalue weighted by Gasteiger charge is -2.18. The van der Waals surface area contributed by atoms with E-state index in [4.69, 9.17) is 0 Å². The second kappa shape index (κ2) is 7.75. The Hall–Kier alpha value is -0.750. The Kier molecular flexibility index (Phi) is 5.97. The Labute approximate surface area is 123 Å². The summed E-state index contributed by atoms with van der Waals surface area (Å²) in [7, 11) is 0. The zero-order valence-electron chi connectivity index (χ0n) is 11.6. The van der Waals surface area contributed by atoms with Crippen LogP contribution in [0.4, 0.5) is 0 Å². The van der Waals surface area contributed by atoms with Crippen LogP contribution < -0.4 is 5.32 Å². The van der Waals surface area contributed by atoms with Gasteiger partial charge in [0.05, 0.1) is 5.69 Å². The van der Waals surface area contributed by atoms with Crippen LogP contribution in [0.2, 0.25) is 0 Å². The lowest BCUT2D eigenvalue weighted by atomic mass is 10.3. The number of thiophene rings is 1. The molecule has 19 heavy (non-hydrogen) atoms. The second-order valence-electron chi connectivity index (χ2n) is 4.40. The number of thiazole rings is 1. The third kappa shape index (κ3) is 4.69. The van der Waals surface area contributed by atoms with Crippen LogP contribution in [-0.2, 0) is 19.6 Å². The zero-order chi connectivity index (χ0) is 13.5. The first-order chi connectivity index (χ1) is 9.31. The van der Waals surface area contributed by atoms with E-state index in [1.807, 2.05) is 11.3 Å². The minimum Gasteiger partial charge on any atom is -0.311 e. The largest absolute Gasteiger partial charge is 0.311 e. The number of rotatable bonds is 8. The van der Waals surface area contributed by atoms with Crippen molar-refractivity contribution >= 4 is 22.7 Å². The molecule has 0 fully saturated rings. The Morgan fingerprint density at radius 2 is 2.16 bits per heavy atom. The Bertz CT molecular complexity index is 465. The van der Waals surface area contributed by atoms with Crippen LogP contribution in [0, 0.1) is 0 Å². The van der Waals surface area contributed by atoms with Crippen LogP contribution >= 0.6 is 22.7 Å². The van der Waals surface area contributed by atoms with E-state index in [0.29, 0.717) is 0 Å². The fourth-order valence-corrected chi connectivity index (χ4v) is 3.37. The first kappa shape index (κ1) is 14.7. The smallest absolute Gasteiger partial charge is 0.107 e. The molecule has 5 heteroatoms. The summed E-state index contributed by atoms with van der Waals surface area (Å²) in [6.07, 6.45) is 0. The molecule has 0 saturated heterocycles. The molecule has 104 valence electrons. The Balaban J connectivity index is 1.88. The molecular weight excluding hydrogens is 274 g/mol. The fourth-order valence-electron chi connectivity index (χ4n) is 1.87. The third-order valence-corrected chi connectivity index (χ3v) is 4.68. The average Bonchev–Trinajstić information content (AvgIpc) is 3.07. The molecule has 0 radical (unpaired) electrons. The van der Waals surface area contributed by atoms with Crippen LogP contribution in [0.3, 0.4) is 0 Å². The fraction of sp³-hybridized carbons (Fsp3) is 0.500. The predicted octanol–water partition coefficient (Wildman–Crippen LogP) is 3.34. The SMILES string of the molecule is CCNCc1nc(CN(CC)Cc2cccs2)cs1. The summed E-state index contributed by atoms with van der Waals surface area (Å²) in [6, 6.07) is 4.32. The molecule has 0 aromatic carbocycles. The monoisotopic (exact) mass is 295 g/mol. The van der Waals surface area contributed by atoms with E-state index in [9.17, 15) is 0 Å². The van der Waals surface area contributed by atoms with Gasteiger partial charge in [0.25, 0.3) is 0 Å². The second-order valence-corrected chi connectivity index (χ2v) is 6.37. The van der Waals surface area contributed by atoms with Crippen molar-refractivity contribution in [3.05, 3.63) is 38.5 Å². The molecule has 0 aliphatic heterocycles.